The van der Waals surface area contributed by atoms with E-state index in [-0.39, 0.29) is 0 Å². The maximum absolute atomic E-state index is 4.37. The second kappa shape index (κ2) is 2.35. The second-order valence-corrected chi connectivity index (χ2v) is 3.73. The molecule has 0 saturated heterocycles. The van der Waals surface area contributed by atoms with Gasteiger partial charge in [0.1, 0.15) is 0 Å². The van der Waals surface area contributed by atoms with E-state index < -0.39 is 0 Å². The Kier molecular flexibility index (Phi) is 1.49. The van der Waals surface area contributed by atoms with Crippen LogP contribution in [0.15, 0.2) is 5.51 Å². The Morgan fingerprint density at radius 2 is 2.50 bits per heavy atom. The number of hydrogen-bond acceptors (Lipinski definition) is 2. The van der Waals surface area contributed by atoms with Crippen molar-refractivity contribution in [3.8, 4) is 0 Å². The molecule has 0 aliphatic heterocycles. The van der Waals surface area contributed by atoms with Gasteiger partial charge in [-0.1, -0.05) is 6.92 Å². The third kappa shape index (κ3) is 0.966. The standard InChI is InChI=1S/C8H11NS/c1-2-7-8(6-3-4-6)9-5-10-7/h5-6H,2-4H2,1H3. The minimum Gasteiger partial charge on any atom is -0.249 e. The Bertz CT molecular complexity index is 225. The van der Waals surface area contributed by atoms with Crippen LogP contribution in [0.4, 0.5) is 0 Å². The summed E-state index contributed by atoms with van der Waals surface area (Å²) in [6, 6.07) is 0. The first kappa shape index (κ1) is 6.35. The number of hydrogen-bond donors (Lipinski definition) is 0. The van der Waals surface area contributed by atoms with Crippen molar-refractivity contribution in [3.63, 3.8) is 0 Å². The summed E-state index contributed by atoms with van der Waals surface area (Å²) < 4.78 is 0. The molecule has 1 aliphatic carbocycles. The topological polar surface area (TPSA) is 12.9 Å². The van der Waals surface area contributed by atoms with E-state index in [9.17, 15) is 0 Å². The SMILES string of the molecule is CCc1scnc1C1CC1. The Morgan fingerprint density at radius 3 is 3.10 bits per heavy atom. The van der Waals surface area contributed by atoms with Crippen molar-refractivity contribution in [1.82, 2.24) is 4.98 Å². The zero-order valence-electron chi connectivity index (χ0n) is 6.13. The van der Waals surface area contributed by atoms with Crippen LogP contribution in [0.3, 0.4) is 0 Å². The lowest BCUT2D eigenvalue weighted by Crippen LogP contribution is -1.84. The van der Waals surface area contributed by atoms with Crippen molar-refractivity contribution in [2.45, 2.75) is 32.1 Å². The molecule has 1 saturated carbocycles. The average Bonchev–Trinajstić information content (AvgIpc) is 2.69. The monoisotopic (exact) mass is 153 g/mol. The molecule has 2 heteroatoms. The summed E-state index contributed by atoms with van der Waals surface area (Å²) in [6.45, 7) is 2.21. The molecule has 0 N–H and O–H groups in total. The fourth-order valence-electron chi connectivity index (χ4n) is 1.23. The molecule has 10 heavy (non-hydrogen) atoms. The van der Waals surface area contributed by atoms with E-state index in [4.69, 9.17) is 0 Å². The molecule has 0 spiro atoms. The molecule has 0 bridgehead atoms. The van der Waals surface area contributed by atoms with Crippen molar-refractivity contribution in [2.75, 3.05) is 0 Å². The highest BCUT2D eigenvalue weighted by Crippen LogP contribution is 2.41. The highest BCUT2D eigenvalue weighted by molar-refractivity contribution is 7.09. The summed E-state index contributed by atoms with van der Waals surface area (Å²) in [6.07, 6.45) is 3.91. The Hall–Kier alpha value is -0.370. The van der Waals surface area contributed by atoms with Crippen LogP contribution in [0, 0.1) is 0 Å². The first-order valence-corrected chi connectivity index (χ1v) is 4.72. The maximum atomic E-state index is 4.37. The largest absolute Gasteiger partial charge is 0.249 e. The Morgan fingerprint density at radius 1 is 1.70 bits per heavy atom. The molecule has 0 radical (unpaired) electrons. The zero-order valence-corrected chi connectivity index (χ0v) is 6.95. The summed E-state index contributed by atoms with van der Waals surface area (Å²) in [4.78, 5) is 5.87. The zero-order chi connectivity index (χ0) is 6.97. The molecule has 0 aromatic carbocycles. The molecule has 54 valence electrons. The van der Waals surface area contributed by atoms with Crippen molar-refractivity contribution >= 4 is 11.3 Å². The highest BCUT2D eigenvalue weighted by Gasteiger charge is 2.27. The molecule has 1 aliphatic rings. The van der Waals surface area contributed by atoms with Gasteiger partial charge in [0.05, 0.1) is 11.2 Å². The fraction of sp³-hybridized carbons (Fsp3) is 0.625. The van der Waals surface area contributed by atoms with Gasteiger partial charge in [-0.2, -0.15) is 0 Å². The number of aromatic nitrogens is 1. The first-order valence-electron chi connectivity index (χ1n) is 3.84. The van der Waals surface area contributed by atoms with Gasteiger partial charge in [-0.05, 0) is 19.3 Å². The van der Waals surface area contributed by atoms with Crippen LogP contribution in [0.1, 0.15) is 36.3 Å². The summed E-state index contributed by atoms with van der Waals surface area (Å²) in [5, 5.41) is 0. The minimum absolute atomic E-state index is 0.834. The minimum atomic E-state index is 0.834. The van der Waals surface area contributed by atoms with Gasteiger partial charge in [0.25, 0.3) is 0 Å². The van der Waals surface area contributed by atoms with Crippen LogP contribution in [-0.2, 0) is 6.42 Å². The van der Waals surface area contributed by atoms with Crippen molar-refractivity contribution in [3.05, 3.63) is 16.1 Å². The number of nitrogens with zero attached hydrogens (tertiary/aromatic N) is 1. The quantitative estimate of drug-likeness (QED) is 0.636. The van der Waals surface area contributed by atoms with Gasteiger partial charge >= 0.3 is 0 Å². The number of thiazole rings is 1. The van der Waals surface area contributed by atoms with Gasteiger partial charge in [0.2, 0.25) is 0 Å². The third-order valence-corrected chi connectivity index (χ3v) is 2.95. The van der Waals surface area contributed by atoms with Gasteiger partial charge in [0.15, 0.2) is 0 Å². The van der Waals surface area contributed by atoms with E-state index in [1.807, 2.05) is 5.51 Å². The molecule has 0 unspecified atom stereocenters. The van der Waals surface area contributed by atoms with Crippen LogP contribution < -0.4 is 0 Å². The molecule has 1 fully saturated rings. The lowest BCUT2D eigenvalue weighted by molar-refractivity contribution is 0.996. The number of rotatable bonds is 2. The molecule has 2 rings (SSSR count). The average molecular weight is 153 g/mol. The fourth-order valence-corrected chi connectivity index (χ4v) is 2.03. The highest BCUT2D eigenvalue weighted by atomic mass is 32.1. The summed E-state index contributed by atoms with van der Waals surface area (Å²) in [5.74, 6) is 0.834. The van der Waals surface area contributed by atoms with Crippen molar-refractivity contribution in [1.29, 1.82) is 0 Å². The third-order valence-electron chi connectivity index (χ3n) is 1.96. The van der Waals surface area contributed by atoms with Crippen molar-refractivity contribution in [2.24, 2.45) is 0 Å². The lowest BCUT2D eigenvalue weighted by Gasteiger charge is -1.93. The van der Waals surface area contributed by atoms with Crippen molar-refractivity contribution < 1.29 is 0 Å². The van der Waals surface area contributed by atoms with Gasteiger partial charge < -0.3 is 0 Å². The first-order chi connectivity index (χ1) is 4.92. The van der Waals surface area contributed by atoms with E-state index in [1.165, 1.54) is 23.4 Å². The Labute approximate surface area is 65.1 Å². The smallest absolute Gasteiger partial charge is 0.0797 e. The summed E-state index contributed by atoms with van der Waals surface area (Å²) >= 11 is 1.81. The van der Waals surface area contributed by atoms with E-state index >= 15 is 0 Å². The van der Waals surface area contributed by atoms with E-state index in [0.29, 0.717) is 0 Å². The van der Waals surface area contributed by atoms with Gasteiger partial charge in [-0.15, -0.1) is 11.3 Å². The Balaban J connectivity index is 2.28. The van der Waals surface area contributed by atoms with E-state index in [0.717, 1.165) is 12.3 Å². The molecular weight excluding hydrogens is 142 g/mol. The van der Waals surface area contributed by atoms with Gasteiger partial charge in [0, 0.05) is 10.8 Å². The summed E-state index contributed by atoms with van der Waals surface area (Å²) in [5.41, 5.74) is 3.37. The maximum Gasteiger partial charge on any atom is 0.0797 e. The molecule has 0 amide bonds. The second-order valence-electron chi connectivity index (χ2n) is 2.79. The normalized spacial score (nSPS) is 17.7. The van der Waals surface area contributed by atoms with Crippen LogP contribution in [0.25, 0.3) is 0 Å². The van der Waals surface area contributed by atoms with Gasteiger partial charge in [-0.3, -0.25) is 0 Å². The molecular formula is C8H11NS. The van der Waals surface area contributed by atoms with Crippen LogP contribution in [-0.4, -0.2) is 4.98 Å². The molecule has 1 aromatic rings. The van der Waals surface area contributed by atoms with E-state index in [2.05, 4.69) is 11.9 Å². The predicted molar refractivity (Wildman–Crippen MR) is 43.5 cm³/mol. The van der Waals surface area contributed by atoms with E-state index in [1.54, 1.807) is 11.3 Å². The molecule has 1 heterocycles. The molecule has 1 nitrogen and oxygen atoms in total. The molecule has 0 atom stereocenters. The summed E-state index contributed by atoms with van der Waals surface area (Å²) in [7, 11) is 0. The van der Waals surface area contributed by atoms with Gasteiger partial charge in [-0.25, -0.2) is 4.98 Å². The lowest BCUT2D eigenvalue weighted by atomic mass is 10.2. The predicted octanol–water partition coefficient (Wildman–Crippen LogP) is 2.58. The number of aryl methyl sites for hydroxylation is 1. The van der Waals surface area contributed by atoms with Crippen LogP contribution in [0.5, 0.6) is 0 Å². The van der Waals surface area contributed by atoms with Crippen LogP contribution in [0.2, 0.25) is 0 Å². The molecule has 1 aromatic heterocycles. The van der Waals surface area contributed by atoms with Crippen LogP contribution >= 0.6 is 11.3 Å².